The summed E-state index contributed by atoms with van der Waals surface area (Å²) >= 11 is 0. The van der Waals surface area contributed by atoms with Gasteiger partial charge in [-0.05, 0) is 13.0 Å². The van der Waals surface area contributed by atoms with Gasteiger partial charge < -0.3 is 10.1 Å². The van der Waals surface area contributed by atoms with Crippen molar-refractivity contribution in [2.75, 3.05) is 13.7 Å². The third-order valence-corrected chi connectivity index (χ3v) is 2.04. The molecular weight excluding hydrogens is 218 g/mol. The molecule has 1 rings (SSSR count). The average Bonchev–Trinajstić information content (AvgIpc) is 2.29. The monoisotopic (exact) mass is 230 g/mol. The molecule has 0 aromatic carbocycles. The van der Waals surface area contributed by atoms with Crippen LogP contribution in [0.2, 0.25) is 0 Å². The Morgan fingerprint density at radius 2 is 2.31 bits per heavy atom. The predicted octanol–water partition coefficient (Wildman–Crippen LogP) is 1.12. The summed E-state index contributed by atoms with van der Waals surface area (Å²) in [6.45, 7) is 1.96. The van der Waals surface area contributed by atoms with Gasteiger partial charge in [0.15, 0.2) is 5.82 Å². The van der Waals surface area contributed by atoms with Crippen LogP contribution in [0.3, 0.4) is 0 Å². The smallest absolute Gasteiger partial charge is 0.254 e. The van der Waals surface area contributed by atoms with Gasteiger partial charge in [-0.15, -0.1) is 0 Å². The van der Waals surface area contributed by atoms with Gasteiger partial charge in [-0.2, -0.15) is 4.39 Å². The maximum absolute atomic E-state index is 13.1. The zero-order chi connectivity index (χ0) is 12.1. The lowest BCUT2D eigenvalue weighted by atomic mass is 10.2. The van der Waals surface area contributed by atoms with Crippen molar-refractivity contribution < 1.29 is 18.3 Å². The van der Waals surface area contributed by atoms with E-state index in [4.69, 9.17) is 4.74 Å². The molecule has 0 aliphatic carbocycles. The summed E-state index contributed by atoms with van der Waals surface area (Å²) in [5, 5.41) is 2.42. The molecule has 0 aliphatic rings. The number of nitrogens with one attached hydrogen (secondary N) is 1. The van der Waals surface area contributed by atoms with E-state index < -0.39 is 17.7 Å². The van der Waals surface area contributed by atoms with Crippen molar-refractivity contribution in [2.24, 2.45) is 0 Å². The first kappa shape index (κ1) is 12.5. The molecule has 1 heterocycles. The largest absolute Gasteiger partial charge is 0.380 e. The summed E-state index contributed by atoms with van der Waals surface area (Å²) in [5.41, 5.74) is -0.365. The molecule has 0 aliphatic heterocycles. The van der Waals surface area contributed by atoms with E-state index in [1.807, 2.05) is 0 Å². The van der Waals surface area contributed by atoms with E-state index >= 15 is 0 Å². The second-order valence-corrected chi connectivity index (χ2v) is 3.22. The number of carbonyl (C=O) groups excluding carboxylic acids is 1. The first-order valence-corrected chi connectivity index (χ1v) is 4.67. The number of hydrogen-bond acceptors (Lipinski definition) is 3. The third kappa shape index (κ3) is 2.96. The van der Waals surface area contributed by atoms with Gasteiger partial charge in [-0.25, -0.2) is 9.37 Å². The van der Waals surface area contributed by atoms with Gasteiger partial charge >= 0.3 is 0 Å². The third-order valence-electron chi connectivity index (χ3n) is 2.04. The molecule has 88 valence electrons. The van der Waals surface area contributed by atoms with Crippen LogP contribution in [0.15, 0.2) is 12.3 Å². The van der Waals surface area contributed by atoms with E-state index in [-0.39, 0.29) is 18.2 Å². The van der Waals surface area contributed by atoms with Crippen LogP contribution in [0.25, 0.3) is 0 Å². The fourth-order valence-corrected chi connectivity index (χ4v) is 1.01. The van der Waals surface area contributed by atoms with Crippen molar-refractivity contribution in [1.29, 1.82) is 0 Å². The molecule has 1 aromatic heterocycles. The SMILES string of the molecule is COC(C)CNC(=O)c1ccnc(F)c1F. The number of amides is 1. The fraction of sp³-hybridized carbons (Fsp3) is 0.400. The lowest BCUT2D eigenvalue weighted by Gasteiger charge is -2.10. The Morgan fingerprint density at radius 1 is 1.62 bits per heavy atom. The van der Waals surface area contributed by atoms with Gasteiger partial charge in [0.1, 0.15) is 0 Å². The molecule has 1 amide bonds. The molecule has 0 spiro atoms. The van der Waals surface area contributed by atoms with Gasteiger partial charge in [0.2, 0.25) is 5.95 Å². The molecule has 1 N–H and O–H groups in total. The highest BCUT2D eigenvalue weighted by atomic mass is 19.2. The zero-order valence-electron chi connectivity index (χ0n) is 8.96. The first-order valence-electron chi connectivity index (χ1n) is 4.67. The minimum atomic E-state index is -1.28. The van der Waals surface area contributed by atoms with E-state index in [0.29, 0.717) is 0 Å². The number of methoxy groups -OCH3 is 1. The maximum atomic E-state index is 13.1. The summed E-state index contributed by atoms with van der Waals surface area (Å²) in [4.78, 5) is 14.5. The van der Waals surface area contributed by atoms with Gasteiger partial charge in [0, 0.05) is 19.9 Å². The fourth-order valence-electron chi connectivity index (χ4n) is 1.01. The van der Waals surface area contributed by atoms with Crippen molar-refractivity contribution in [3.8, 4) is 0 Å². The van der Waals surface area contributed by atoms with E-state index in [0.717, 1.165) is 12.3 Å². The number of halogens is 2. The quantitative estimate of drug-likeness (QED) is 0.789. The molecule has 1 unspecified atom stereocenters. The van der Waals surface area contributed by atoms with Crippen LogP contribution in [-0.2, 0) is 4.74 Å². The number of nitrogens with zero attached hydrogens (tertiary/aromatic N) is 1. The molecular formula is C10H12F2N2O2. The summed E-state index contributed by atoms with van der Waals surface area (Å²) < 4.78 is 30.7. The van der Waals surface area contributed by atoms with Gasteiger partial charge in [-0.3, -0.25) is 4.79 Å². The Labute approximate surface area is 91.6 Å². The number of hydrogen-bond donors (Lipinski definition) is 1. The molecule has 1 aromatic rings. The molecule has 4 nitrogen and oxygen atoms in total. The van der Waals surface area contributed by atoms with Crippen LogP contribution >= 0.6 is 0 Å². The van der Waals surface area contributed by atoms with Crippen molar-refractivity contribution in [1.82, 2.24) is 10.3 Å². The Kier molecular flexibility index (Phi) is 4.30. The number of pyridine rings is 1. The number of ether oxygens (including phenoxy) is 1. The second-order valence-electron chi connectivity index (χ2n) is 3.22. The van der Waals surface area contributed by atoms with Crippen molar-refractivity contribution in [3.63, 3.8) is 0 Å². The van der Waals surface area contributed by atoms with Crippen LogP contribution in [0.1, 0.15) is 17.3 Å². The molecule has 0 fully saturated rings. The minimum Gasteiger partial charge on any atom is -0.380 e. The minimum absolute atomic E-state index is 0.196. The Bertz CT molecular complexity index is 385. The maximum Gasteiger partial charge on any atom is 0.254 e. The molecule has 0 saturated carbocycles. The van der Waals surface area contributed by atoms with Crippen LogP contribution in [-0.4, -0.2) is 30.6 Å². The van der Waals surface area contributed by atoms with Crippen molar-refractivity contribution in [3.05, 3.63) is 29.6 Å². The summed E-state index contributed by atoms with van der Waals surface area (Å²) in [6.07, 6.45) is 0.839. The molecule has 1 atom stereocenters. The summed E-state index contributed by atoms with van der Waals surface area (Å²) in [5.74, 6) is -3.22. The molecule has 16 heavy (non-hydrogen) atoms. The lowest BCUT2D eigenvalue weighted by molar-refractivity contribution is 0.0865. The van der Waals surface area contributed by atoms with Crippen molar-refractivity contribution >= 4 is 5.91 Å². The zero-order valence-corrected chi connectivity index (χ0v) is 8.96. The number of carbonyl (C=O) groups is 1. The van der Waals surface area contributed by atoms with Crippen LogP contribution in [0.5, 0.6) is 0 Å². The van der Waals surface area contributed by atoms with Gasteiger partial charge in [0.25, 0.3) is 5.91 Å². The summed E-state index contributed by atoms with van der Waals surface area (Å²) in [6, 6.07) is 1.12. The average molecular weight is 230 g/mol. The topological polar surface area (TPSA) is 51.2 Å². The summed E-state index contributed by atoms with van der Waals surface area (Å²) in [7, 11) is 1.49. The van der Waals surface area contributed by atoms with E-state index in [2.05, 4.69) is 10.3 Å². The molecule has 0 radical (unpaired) electrons. The highest BCUT2D eigenvalue weighted by molar-refractivity contribution is 5.94. The normalized spacial score (nSPS) is 12.2. The Morgan fingerprint density at radius 3 is 2.94 bits per heavy atom. The lowest BCUT2D eigenvalue weighted by Crippen LogP contribution is -2.32. The Balaban J connectivity index is 2.70. The predicted molar refractivity (Wildman–Crippen MR) is 53.0 cm³/mol. The van der Waals surface area contributed by atoms with E-state index in [9.17, 15) is 13.6 Å². The highest BCUT2D eigenvalue weighted by Crippen LogP contribution is 2.08. The van der Waals surface area contributed by atoms with E-state index in [1.165, 1.54) is 7.11 Å². The first-order chi connectivity index (χ1) is 7.56. The highest BCUT2D eigenvalue weighted by Gasteiger charge is 2.16. The number of aromatic nitrogens is 1. The van der Waals surface area contributed by atoms with Crippen LogP contribution < -0.4 is 5.32 Å². The standard InChI is InChI=1S/C10H12F2N2O2/c1-6(16-2)5-14-10(15)7-3-4-13-9(12)8(7)11/h3-4,6H,5H2,1-2H3,(H,14,15). The van der Waals surface area contributed by atoms with Crippen molar-refractivity contribution in [2.45, 2.75) is 13.0 Å². The van der Waals surface area contributed by atoms with Crippen LogP contribution in [0.4, 0.5) is 8.78 Å². The van der Waals surface area contributed by atoms with E-state index in [1.54, 1.807) is 6.92 Å². The van der Waals surface area contributed by atoms with Gasteiger partial charge in [0.05, 0.1) is 11.7 Å². The number of rotatable bonds is 4. The Hall–Kier alpha value is -1.56. The van der Waals surface area contributed by atoms with Gasteiger partial charge in [-0.1, -0.05) is 0 Å². The van der Waals surface area contributed by atoms with Crippen LogP contribution in [0, 0.1) is 11.8 Å². The molecule has 6 heteroatoms. The second kappa shape index (κ2) is 5.50. The molecule has 0 saturated heterocycles. The molecule has 0 bridgehead atoms.